The lowest BCUT2D eigenvalue weighted by molar-refractivity contribution is -0.113. The topological polar surface area (TPSA) is 81.1 Å². The molecular formula is C21H21N5O2. The van der Waals surface area contributed by atoms with E-state index in [1.807, 2.05) is 68.4 Å². The fourth-order valence-electron chi connectivity index (χ4n) is 3.37. The van der Waals surface area contributed by atoms with Crippen LogP contribution in [0.2, 0.25) is 0 Å². The number of aromatic nitrogens is 3. The van der Waals surface area contributed by atoms with Crippen LogP contribution < -0.4 is 15.4 Å². The van der Waals surface area contributed by atoms with Gasteiger partial charge in [0.25, 0.3) is 5.91 Å². The first kappa shape index (κ1) is 17.8. The first-order chi connectivity index (χ1) is 13.7. The Morgan fingerprint density at radius 2 is 1.93 bits per heavy atom. The Bertz CT molecular complexity index is 1030. The highest BCUT2D eigenvalue weighted by Crippen LogP contribution is 2.35. The first-order valence-electron chi connectivity index (χ1n) is 9.14. The van der Waals surface area contributed by atoms with Gasteiger partial charge in [0.2, 0.25) is 5.95 Å². The molecule has 1 aliphatic heterocycles. The third-order valence-electron chi connectivity index (χ3n) is 4.59. The lowest BCUT2D eigenvalue weighted by Crippen LogP contribution is -2.31. The van der Waals surface area contributed by atoms with Gasteiger partial charge in [0.1, 0.15) is 18.1 Å². The molecule has 1 aromatic heterocycles. The predicted octanol–water partition coefficient (Wildman–Crippen LogP) is 3.60. The third-order valence-corrected chi connectivity index (χ3v) is 4.59. The van der Waals surface area contributed by atoms with Gasteiger partial charge in [0, 0.05) is 5.70 Å². The number of para-hydroxylation sites is 2. The Labute approximate surface area is 163 Å². The average Bonchev–Trinajstić information content (AvgIpc) is 3.17. The van der Waals surface area contributed by atoms with Crippen molar-refractivity contribution >= 4 is 17.5 Å². The number of carbonyl (C=O) groups excluding carboxylic acids is 1. The second-order valence-electron chi connectivity index (χ2n) is 6.39. The SMILES string of the molecule is CCOc1ccccc1NC(=O)C1=C(C)Nc2ncnn2C1c1ccccc1. The minimum Gasteiger partial charge on any atom is -0.492 e. The zero-order valence-corrected chi connectivity index (χ0v) is 15.7. The van der Waals surface area contributed by atoms with Crippen LogP contribution in [0.15, 0.2) is 72.2 Å². The zero-order chi connectivity index (χ0) is 19.5. The normalized spacial score (nSPS) is 15.6. The van der Waals surface area contributed by atoms with Crippen LogP contribution in [0.1, 0.15) is 25.5 Å². The molecule has 2 aromatic carbocycles. The smallest absolute Gasteiger partial charge is 0.255 e. The van der Waals surface area contributed by atoms with Crippen molar-refractivity contribution in [3.63, 3.8) is 0 Å². The van der Waals surface area contributed by atoms with Crippen molar-refractivity contribution in [1.29, 1.82) is 0 Å². The van der Waals surface area contributed by atoms with Gasteiger partial charge in [-0.2, -0.15) is 10.1 Å². The van der Waals surface area contributed by atoms with Gasteiger partial charge < -0.3 is 15.4 Å². The molecule has 1 amide bonds. The molecule has 0 spiro atoms. The minimum absolute atomic E-state index is 0.216. The summed E-state index contributed by atoms with van der Waals surface area (Å²) in [7, 11) is 0. The lowest BCUT2D eigenvalue weighted by Gasteiger charge is -2.28. The first-order valence-corrected chi connectivity index (χ1v) is 9.14. The summed E-state index contributed by atoms with van der Waals surface area (Å²) in [6, 6.07) is 16.8. The standard InChI is InChI=1S/C21H21N5O2/c1-3-28-17-12-8-7-11-16(17)25-20(27)18-14(2)24-21-22-13-23-26(21)19(18)15-9-5-4-6-10-15/h4-13,19H,3H2,1-2H3,(H,25,27)(H,22,23,24). The Hall–Kier alpha value is -3.61. The molecule has 1 unspecified atom stereocenters. The monoisotopic (exact) mass is 375 g/mol. The number of nitrogens with one attached hydrogen (secondary N) is 2. The highest BCUT2D eigenvalue weighted by Gasteiger charge is 2.33. The minimum atomic E-state index is -0.376. The van der Waals surface area contributed by atoms with E-state index in [4.69, 9.17) is 4.74 Å². The van der Waals surface area contributed by atoms with Gasteiger partial charge in [0.15, 0.2) is 0 Å². The zero-order valence-electron chi connectivity index (χ0n) is 15.7. The van der Waals surface area contributed by atoms with Gasteiger partial charge >= 0.3 is 0 Å². The number of benzene rings is 2. The molecule has 3 aromatic rings. The highest BCUT2D eigenvalue weighted by molar-refractivity contribution is 6.06. The largest absolute Gasteiger partial charge is 0.492 e. The number of carbonyl (C=O) groups is 1. The highest BCUT2D eigenvalue weighted by atomic mass is 16.5. The molecule has 0 radical (unpaired) electrons. The molecule has 0 saturated heterocycles. The summed E-state index contributed by atoms with van der Waals surface area (Å²) >= 11 is 0. The molecule has 1 aliphatic rings. The van der Waals surface area contributed by atoms with Crippen LogP contribution in [0.5, 0.6) is 5.75 Å². The summed E-state index contributed by atoms with van der Waals surface area (Å²) in [6.45, 7) is 4.30. The molecule has 0 aliphatic carbocycles. The van der Waals surface area contributed by atoms with E-state index >= 15 is 0 Å². The van der Waals surface area contributed by atoms with Gasteiger partial charge in [-0.05, 0) is 31.5 Å². The molecule has 0 saturated carbocycles. The van der Waals surface area contributed by atoms with E-state index in [0.717, 1.165) is 11.3 Å². The summed E-state index contributed by atoms with van der Waals surface area (Å²) in [6.07, 6.45) is 1.48. The Kier molecular flexibility index (Phi) is 4.80. The van der Waals surface area contributed by atoms with E-state index in [1.54, 1.807) is 4.68 Å². The van der Waals surface area contributed by atoms with Gasteiger partial charge in [0.05, 0.1) is 17.9 Å². The number of allylic oxidation sites excluding steroid dienone is 1. The van der Waals surface area contributed by atoms with Crippen LogP contribution in [-0.2, 0) is 4.79 Å². The third kappa shape index (κ3) is 3.22. The van der Waals surface area contributed by atoms with E-state index < -0.39 is 0 Å². The summed E-state index contributed by atoms with van der Waals surface area (Å²) in [4.78, 5) is 17.6. The van der Waals surface area contributed by atoms with Crippen molar-refractivity contribution in [2.45, 2.75) is 19.9 Å². The Morgan fingerprint density at radius 3 is 2.71 bits per heavy atom. The number of anilines is 2. The van der Waals surface area contributed by atoms with E-state index in [2.05, 4.69) is 20.7 Å². The average molecular weight is 375 g/mol. The molecule has 142 valence electrons. The quantitative estimate of drug-likeness (QED) is 0.712. The van der Waals surface area contributed by atoms with Crippen LogP contribution in [0.4, 0.5) is 11.6 Å². The van der Waals surface area contributed by atoms with Crippen molar-refractivity contribution in [2.24, 2.45) is 0 Å². The fraction of sp³-hybridized carbons (Fsp3) is 0.190. The van der Waals surface area contributed by atoms with E-state index in [9.17, 15) is 4.79 Å². The van der Waals surface area contributed by atoms with Crippen LogP contribution in [0.25, 0.3) is 0 Å². The number of ether oxygens (including phenoxy) is 1. The summed E-state index contributed by atoms with van der Waals surface area (Å²) in [5, 5.41) is 10.5. The van der Waals surface area contributed by atoms with E-state index in [1.165, 1.54) is 6.33 Å². The van der Waals surface area contributed by atoms with Crippen molar-refractivity contribution < 1.29 is 9.53 Å². The number of nitrogens with zero attached hydrogens (tertiary/aromatic N) is 3. The molecule has 7 heteroatoms. The van der Waals surface area contributed by atoms with Crippen molar-refractivity contribution in [3.8, 4) is 5.75 Å². The molecule has 1 atom stereocenters. The number of hydrogen-bond acceptors (Lipinski definition) is 5. The second-order valence-corrected chi connectivity index (χ2v) is 6.39. The van der Waals surface area contributed by atoms with Crippen molar-refractivity contribution in [2.75, 3.05) is 17.2 Å². The number of hydrogen-bond donors (Lipinski definition) is 2. The van der Waals surface area contributed by atoms with E-state index in [0.29, 0.717) is 29.6 Å². The number of fused-ring (bicyclic) bond motifs is 1. The molecule has 28 heavy (non-hydrogen) atoms. The number of amides is 1. The Morgan fingerprint density at radius 1 is 1.18 bits per heavy atom. The van der Waals surface area contributed by atoms with Crippen LogP contribution in [0, 0.1) is 0 Å². The van der Waals surface area contributed by atoms with Crippen LogP contribution in [0.3, 0.4) is 0 Å². The second kappa shape index (κ2) is 7.56. The van der Waals surface area contributed by atoms with Crippen LogP contribution >= 0.6 is 0 Å². The van der Waals surface area contributed by atoms with E-state index in [-0.39, 0.29) is 11.9 Å². The van der Waals surface area contributed by atoms with Gasteiger partial charge in [-0.25, -0.2) is 4.68 Å². The lowest BCUT2D eigenvalue weighted by atomic mass is 9.95. The number of rotatable bonds is 5. The molecule has 7 nitrogen and oxygen atoms in total. The maximum atomic E-state index is 13.3. The molecule has 0 bridgehead atoms. The van der Waals surface area contributed by atoms with Crippen molar-refractivity contribution in [3.05, 3.63) is 77.8 Å². The molecule has 0 fully saturated rings. The molecule has 2 heterocycles. The summed E-state index contributed by atoms with van der Waals surface area (Å²) in [5.74, 6) is 1.03. The predicted molar refractivity (Wildman–Crippen MR) is 107 cm³/mol. The summed E-state index contributed by atoms with van der Waals surface area (Å²) in [5.41, 5.74) is 2.90. The van der Waals surface area contributed by atoms with Gasteiger partial charge in [-0.3, -0.25) is 4.79 Å². The van der Waals surface area contributed by atoms with Crippen LogP contribution in [-0.4, -0.2) is 27.3 Å². The maximum absolute atomic E-state index is 13.3. The molecular weight excluding hydrogens is 354 g/mol. The van der Waals surface area contributed by atoms with Gasteiger partial charge in [-0.1, -0.05) is 42.5 Å². The Balaban J connectivity index is 1.73. The molecule has 2 N–H and O–H groups in total. The van der Waals surface area contributed by atoms with Gasteiger partial charge in [-0.15, -0.1) is 0 Å². The molecule has 4 rings (SSSR count). The fourth-order valence-corrected chi connectivity index (χ4v) is 3.37. The van der Waals surface area contributed by atoms with Crippen molar-refractivity contribution in [1.82, 2.24) is 14.8 Å². The summed E-state index contributed by atoms with van der Waals surface area (Å²) < 4.78 is 7.36. The maximum Gasteiger partial charge on any atom is 0.255 e.